The molecule has 0 saturated carbocycles. The zero-order valence-corrected chi connectivity index (χ0v) is 7.74. The molecule has 75 valence electrons. The molecule has 2 rings (SSSR count). The van der Waals surface area contributed by atoms with Crippen LogP contribution in [-0.4, -0.2) is 51.0 Å². The van der Waals surface area contributed by atoms with Crippen molar-refractivity contribution >= 4 is 0 Å². The Morgan fingerprint density at radius 1 is 1.31 bits per heavy atom. The van der Waals surface area contributed by atoms with E-state index >= 15 is 0 Å². The molecule has 5 nitrogen and oxygen atoms in total. The molecular formula is C8H16N3O2. The number of rotatable bonds is 1. The minimum Gasteiger partial charge on any atom is -0.338 e. The number of nitrogens with one attached hydrogen (secondary N) is 1. The summed E-state index contributed by atoms with van der Waals surface area (Å²) >= 11 is 0. The lowest BCUT2D eigenvalue weighted by Crippen LogP contribution is -2.49. The molecule has 0 aromatic heterocycles. The van der Waals surface area contributed by atoms with Crippen LogP contribution in [-0.2, 0) is 9.47 Å². The van der Waals surface area contributed by atoms with Gasteiger partial charge in [0.1, 0.15) is 6.73 Å². The van der Waals surface area contributed by atoms with Gasteiger partial charge in [0.05, 0.1) is 0 Å². The Labute approximate surface area is 78.4 Å². The van der Waals surface area contributed by atoms with Gasteiger partial charge in [-0.15, -0.1) is 0 Å². The SMILES string of the molecule is C1CNCCN(C2[N]COCO2)C1. The second kappa shape index (κ2) is 4.88. The van der Waals surface area contributed by atoms with E-state index in [0.29, 0.717) is 13.5 Å². The molecule has 2 heterocycles. The van der Waals surface area contributed by atoms with Crippen molar-refractivity contribution in [1.29, 1.82) is 0 Å². The summed E-state index contributed by atoms with van der Waals surface area (Å²) in [6.07, 6.45) is 1.09. The zero-order valence-electron chi connectivity index (χ0n) is 7.74. The monoisotopic (exact) mass is 186 g/mol. The second-order valence-electron chi connectivity index (χ2n) is 3.27. The number of ether oxygens (including phenoxy) is 2. The molecule has 1 radical (unpaired) electrons. The average molecular weight is 186 g/mol. The van der Waals surface area contributed by atoms with Gasteiger partial charge in [-0.25, -0.2) is 0 Å². The van der Waals surface area contributed by atoms with E-state index in [4.69, 9.17) is 9.47 Å². The molecular weight excluding hydrogens is 170 g/mol. The lowest BCUT2D eigenvalue weighted by molar-refractivity contribution is -0.209. The van der Waals surface area contributed by atoms with E-state index in [0.717, 1.165) is 32.6 Å². The van der Waals surface area contributed by atoms with Gasteiger partial charge in [0, 0.05) is 19.6 Å². The molecule has 0 aliphatic carbocycles. The predicted octanol–water partition coefficient (Wildman–Crippen LogP) is -0.868. The van der Waals surface area contributed by atoms with E-state index in [1.165, 1.54) is 0 Å². The van der Waals surface area contributed by atoms with Gasteiger partial charge in [-0.05, 0) is 13.0 Å². The first-order chi connectivity index (χ1) is 6.47. The molecule has 2 aliphatic heterocycles. The Balaban J connectivity index is 1.82. The Kier molecular flexibility index (Phi) is 3.51. The highest BCUT2D eigenvalue weighted by Crippen LogP contribution is 2.06. The summed E-state index contributed by atoms with van der Waals surface area (Å²) in [5.74, 6) is 0. The maximum atomic E-state index is 5.38. The number of nitrogens with zero attached hydrogens (tertiary/aromatic N) is 2. The normalized spacial score (nSPS) is 32.8. The van der Waals surface area contributed by atoms with E-state index in [2.05, 4.69) is 15.5 Å². The highest BCUT2D eigenvalue weighted by atomic mass is 16.7. The second-order valence-corrected chi connectivity index (χ2v) is 3.27. The Bertz CT molecular complexity index is 142. The fraction of sp³-hybridized carbons (Fsp3) is 1.00. The molecule has 2 fully saturated rings. The highest BCUT2D eigenvalue weighted by molar-refractivity contribution is 4.68. The van der Waals surface area contributed by atoms with Gasteiger partial charge in [-0.3, -0.25) is 4.90 Å². The molecule has 2 saturated heterocycles. The quantitative estimate of drug-likeness (QED) is 0.578. The summed E-state index contributed by atoms with van der Waals surface area (Å²) in [6, 6.07) is 0. The van der Waals surface area contributed by atoms with Gasteiger partial charge in [-0.2, -0.15) is 5.32 Å². The van der Waals surface area contributed by atoms with E-state index in [-0.39, 0.29) is 6.35 Å². The predicted molar refractivity (Wildman–Crippen MR) is 46.9 cm³/mol. The van der Waals surface area contributed by atoms with Gasteiger partial charge in [0.2, 0.25) is 0 Å². The Hall–Kier alpha value is -0.200. The van der Waals surface area contributed by atoms with Gasteiger partial charge >= 0.3 is 0 Å². The minimum absolute atomic E-state index is 0.0753. The molecule has 0 aromatic rings. The zero-order chi connectivity index (χ0) is 8.93. The van der Waals surface area contributed by atoms with Crippen LogP contribution in [0.1, 0.15) is 6.42 Å². The summed E-state index contributed by atoms with van der Waals surface area (Å²) in [4.78, 5) is 2.25. The molecule has 0 spiro atoms. The minimum atomic E-state index is -0.0753. The van der Waals surface area contributed by atoms with Gasteiger partial charge in [-0.1, -0.05) is 0 Å². The maximum Gasteiger partial charge on any atom is 0.186 e. The molecule has 5 heteroatoms. The van der Waals surface area contributed by atoms with Crippen molar-refractivity contribution in [1.82, 2.24) is 15.5 Å². The smallest absolute Gasteiger partial charge is 0.186 e. The van der Waals surface area contributed by atoms with E-state index in [1.807, 2.05) is 0 Å². The molecule has 0 bridgehead atoms. The summed E-state index contributed by atoms with van der Waals surface area (Å²) < 4.78 is 10.4. The van der Waals surface area contributed by atoms with Crippen LogP contribution in [0.15, 0.2) is 0 Å². The van der Waals surface area contributed by atoms with Crippen molar-refractivity contribution in [2.24, 2.45) is 0 Å². The van der Waals surface area contributed by atoms with Crippen molar-refractivity contribution in [3.8, 4) is 0 Å². The average Bonchev–Trinajstić information content (AvgIpc) is 2.47. The lowest BCUT2D eigenvalue weighted by atomic mass is 10.4. The van der Waals surface area contributed by atoms with Gasteiger partial charge < -0.3 is 14.8 Å². The topological polar surface area (TPSA) is 47.8 Å². The first kappa shape index (κ1) is 9.36. The number of hydrogen-bond donors (Lipinski definition) is 1. The van der Waals surface area contributed by atoms with Crippen molar-refractivity contribution in [2.75, 3.05) is 39.7 Å². The van der Waals surface area contributed by atoms with Crippen LogP contribution >= 0.6 is 0 Å². The van der Waals surface area contributed by atoms with E-state index in [1.54, 1.807) is 0 Å². The molecule has 0 amide bonds. The lowest BCUT2D eigenvalue weighted by Gasteiger charge is -2.32. The van der Waals surface area contributed by atoms with Crippen LogP contribution < -0.4 is 10.6 Å². The van der Waals surface area contributed by atoms with Crippen molar-refractivity contribution < 1.29 is 9.47 Å². The third kappa shape index (κ3) is 2.62. The van der Waals surface area contributed by atoms with Crippen molar-refractivity contribution in [3.63, 3.8) is 0 Å². The molecule has 13 heavy (non-hydrogen) atoms. The van der Waals surface area contributed by atoms with Crippen LogP contribution in [0, 0.1) is 0 Å². The van der Waals surface area contributed by atoms with Crippen LogP contribution in [0.3, 0.4) is 0 Å². The van der Waals surface area contributed by atoms with Gasteiger partial charge in [0.15, 0.2) is 13.1 Å². The molecule has 1 N–H and O–H groups in total. The van der Waals surface area contributed by atoms with Gasteiger partial charge in [0.25, 0.3) is 0 Å². The van der Waals surface area contributed by atoms with Crippen LogP contribution in [0.2, 0.25) is 0 Å². The van der Waals surface area contributed by atoms with Crippen LogP contribution in [0.5, 0.6) is 0 Å². The molecule has 0 aromatic carbocycles. The summed E-state index contributed by atoms with van der Waals surface area (Å²) in [5, 5.41) is 7.59. The molecule has 1 unspecified atom stereocenters. The van der Waals surface area contributed by atoms with Crippen molar-refractivity contribution in [3.05, 3.63) is 0 Å². The largest absolute Gasteiger partial charge is 0.338 e. The highest BCUT2D eigenvalue weighted by Gasteiger charge is 2.22. The van der Waals surface area contributed by atoms with Crippen LogP contribution in [0.4, 0.5) is 0 Å². The summed E-state index contributed by atoms with van der Waals surface area (Å²) in [6.45, 7) is 5.03. The summed E-state index contributed by atoms with van der Waals surface area (Å²) in [7, 11) is 0. The fourth-order valence-electron chi connectivity index (χ4n) is 1.62. The third-order valence-corrected chi connectivity index (χ3v) is 2.31. The fourth-order valence-corrected chi connectivity index (χ4v) is 1.62. The Morgan fingerprint density at radius 2 is 2.31 bits per heavy atom. The van der Waals surface area contributed by atoms with E-state index < -0.39 is 0 Å². The molecule has 2 aliphatic rings. The maximum absolute atomic E-state index is 5.38. The standard InChI is InChI=1S/C8H16N3O2/c1-2-9-3-5-11(4-1)8-10-6-12-7-13-8/h8-9H,1-7H2. The third-order valence-electron chi connectivity index (χ3n) is 2.31. The first-order valence-electron chi connectivity index (χ1n) is 4.77. The first-order valence-corrected chi connectivity index (χ1v) is 4.77. The van der Waals surface area contributed by atoms with E-state index in [9.17, 15) is 0 Å². The summed E-state index contributed by atoms with van der Waals surface area (Å²) in [5.41, 5.74) is 0. The molecule has 1 atom stereocenters. The van der Waals surface area contributed by atoms with Crippen LogP contribution in [0.25, 0.3) is 0 Å². The number of hydrogen-bond acceptors (Lipinski definition) is 4. The Morgan fingerprint density at radius 3 is 3.15 bits per heavy atom. The van der Waals surface area contributed by atoms with Crippen molar-refractivity contribution in [2.45, 2.75) is 12.8 Å².